The van der Waals surface area contributed by atoms with Crippen LogP contribution in [0.25, 0.3) is 0 Å². The van der Waals surface area contributed by atoms with Gasteiger partial charge in [-0.2, -0.15) is 0 Å². The predicted octanol–water partition coefficient (Wildman–Crippen LogP) is 3.04. The maximum Gasteiger partial charge on any atom is 0.410 e. The molecule has 5 atom stereocenters. The molecule has 0 bridgehead atoms. The van der Waals surface area contributed by atoms with Crippen LogP contribution in [-0.2, 0) is 9.47 Å². The minimum atomic E-state index is -0.459. The maximum atomic E-state index is 12.3. The quantitative estimate of drug-likeness (QED) is 0.866. The van der Waals surface area contributed by atoms with Crippen molar-refractivity contribution in [3.8, 4) is 0 Å². The van der Waals surface area contributed by atoms with E-state index < -0.39 is 5.60 Å². The number of hydrogen-bond acceptors (Lipinski definition) is 4. The van der Waals surface area contributed by atoms with Crippen LogP contribution in [0.2, 0.25) is 0 Å². The fourth-order valence-electron chi connectivity index (χ4n) is 3.84. The normalized spacial score (nSPS) is 35.4. The second kappa shape index (κ2) is 7.39. The summed E-state index contributed by atoms with van der Waals surface area (Å²) in [5.74, 6) is 1.50. The van der Waals surface area contributed by atoms with E-state index >= 15 is 0 Å². The first-order chi connectivity index (χ1) is 10.7. The van der Waals surface area contributed by atoms with Gasteiger partial charge in [-0.05, 0) is 51.9 Å². The number of likely N-dealkylation sites (tertiary alicyclic amines) is 1. The van der Waals surface area contributed by atoms with E-state index in [1.165, 1.54) is 19.3 Å². The number of carbonyl (C=O) groups excluding carboxylic acids is 1. The van der Waals surface area contributed by atoms with E-state index in [1.807, 2.05) is 20.8 Å². The van der Waals surface area contributed by atoms with Gasteiger partial charge in [0.05, 0.1) is 18.7 Å². The average molecular weight is 326 g/mol. The summed E-state index contributed by atoms with van der Waals surface area (Å²) in [4.78, 5) is 14.1. The van der Waals surface area contributed by atoms with Crippen LogP contribution in [0.3, 0.4) is 0 Å². The Labute approximate surface area is 141 Å². The second-order valence-electron chi connectivity index (χ2n) is 8.43. The standard InChI is InChI=1S/C18H34N2O3/c1-12-7-8-14(13(2)9-12)19-15-10-20(11-16(15)22-6)17(21)23-18(3,4)5/h12-16,19H,7-11H2,1-6H3/t12?,13?,14?,15?,16-/m0/s1. The molecule has 2 aliphatic rings. The zero-order chi connectivity index (χ0) is 17.2. The maximum absolute atomic E-state index is 12.3. The zero-order valence-electron chi connectivity index (χ0n) is 15.6. The molecular weight excluding hydrogens is 292 g/mol. The van der Waals surface area contributed by atoms with Crippen LogP contribution in [0.4, 0.5) is 4.79 Å². The molecule has 5 heteroatoms. The number of carbonyl (C=O) groups is 1. The number of rotatable bonds is 3. The van der Waals surface area contributed by atoms with Crippen LogP contribution in [0.15, 0.2) is 0 Å². The van der Waals surface area contributed by atoms with Crippen LogP contribution >= 0.6 is 0 Å². The van der Waals surface area contributed by atoms with E-state index in [0.29, 0.717) is 25.0 Å². The fraction of sp³-hybridized carbons (Fsp3) is 0.944. The van der Waals surface area contributed by atoms with Crippen LogP contribution < -0.4 is 5.32 Å². The van der Waals surface area contributed by atoms with Crippen molar-refractivity contribution in [3.05, 3.63) is 0 Å². The average Bonchev–Trinajstić information content (AvgIpc) is 2.83. The molecule has 1 saturated heterocycles. The van der Waals surface area contributed by atoms with Crippen LogP contribution in [-0.4, -0.2) is 55.0 Å². The molecule has 0 aromatic heterocycles. The lowest BCUT2D eigenvalue weighted by atomic mass is 9.79. The van der Waals surface area contributed by atoms with Gasteiger partial charge in [0.1, 0.15) is 5.60 Å². The van der Waals surface area contributed by atoms with E-state index in [0.717, 1.165) is 5.92 Å². The van der Waals surface area contributed by atoms with E-state index in [4.69, 9.17) is 9.47 Å². The van der Waals surface area contributed by atoms with Crippen molar-refractivity contribution < 1.29 is 14.3 Å². The number of nitrogens with zero attached hydrogens (tertiary/aromatic N) is 1. The molecule has 0 aromatic rings. The van der Waals surface area contributed by atoms with Crippen LogP contribution in [0.1, 0.15) is 53.9 Å². The monoisotopic (exact) mass is 326 g/mol. The molecular formula is C18H34N2O3. The Balaban J connectivity index is 1.93. The first kappa shape index (κ1) is 18.5. The number of methoxy groups -OCH3 is 1. The van der Waals surface area contributed by atoms with Crippen molar-refractivity contribution in [2.75, 3.05) is 20.2 Å². The minimum absolute atomic E-state index is 0.0362. The molecule has 1 saturated carbocycles. The third kappa shape index (κ3) is 5.08. The lowest BCUT2D eigenvalue weighted by Gasteiger charge is -2.36. The first-order valence-electron chi connectivity index (χ1n) is 8.96. The number of ether oxygens (including phenoxy) is 2. The highest BCUT2D eigenvalue weighted by atomic mass is 16.6. The van der Waals surface area contributed by atoms with Crippen molar-refractivity contribution in [2.45, 2.75) is 77.7 Å². The molecule has 5 nitrogen and oxygen atoms in total. The fourth-order valence-corrected chi connectivity index (χ4v) is 3.84. The largest absolute Gasteiger partial charge is 0.444 e. The van der Waals surface area contributed by atoms with Crippen LogP contribution in [0, 0.1) is 11.8 Å². The zero-order valence-corrected chi connectivity index (χ0v) is 15.6. The molecule has 1 N–H and O–H groups in total. The second-order valence-corrected chi connectivity index (χ2v) is 8.43. The molecule has 23 heavy (non-hydrogen) atoms. The van der Waals surface area contributed by atoms with Gasteiger partial charge in [-0.3, -0.25) is 0 Å². The smallest absolute Gasteiger partial charge is 0.410 e. The molecule has 2 fully saturated rings. The van der Waals surface area contributed by atoms with E-state index in [-0.39, 0.29) is 18.2 Å². The number of nitrogens with one attached hydrogen (secondary N) is 1. The first-order valence-corrected chi connectivity index (χ1v) is 8.96. The summed E-state index contributed by atoms with van der Waals surface area (Å²) in [6.45, 7) is 11.6. The third-order valence-corrected chi connectivity index (χ3v) is 5.08. The Bertz CT molecular complexity index is 408. The Kier molecular flexibility index (Phi) is 5.95. The molecule has 1 aliphatic heterocycles. The third-order valence-electron chi connectivity index (χ3n) is 5.08. The summed E-state index contributed by atoms with van der Waals surface area (Å²) in [6, 6.07) is 0.709. The van der Waals surface area contributed by atoms with Gasteiger partial charge in [-0.1, -0.05) is 13.8 Å². The minimum Gasteiger partial charge on any atom is -0.444 e. The lowest BCUT2D eigenvalue weighted by Crippen LogP contribution is -2.50. The van der Waals surface area contributed by atoms with Gasteiger partial charge in [0, 0.05) is 19.7 Å². The summed E-state index contributed by atoms with van der Waals surface area (Å²) >= 11 is 0. The molecule has 4 unspecified atom stereocenters. The van der Waals surface area contributed by atoms with Crippen molar-refractivity contribution in [3.63, 3.8) is 0 Å². The Morgan fingerprint density at radius 2 is 1.83 bits per heavy atom. The summed E-state index contributed by atoms with van der Waals surface area (Å²) < 4.78 is 11.1. The van der Waals surface area contributed by atoms with Crippen molar-refractivity contribution in [2.24, 2.45) is 11.8 Å². The summed E-state index contributed by atoms with van der Waals surface area (Å²) in [7, 11) is 1.73. The molecule has 0 radical (unpaired) electrons. The Morgan fingerprint density at radius 1 is 1.13 bits per heavy atom. The van der Waals surface area contributed by atoms with Gasteiger partial charge < -0.3 is 19.7 Å². The number of amides is 1. The molecule has 0 spiro atoms. The summed E-state index contributed by atoms with van der Waals surface area (Å²) in [6.07, 6.45) is 3.56. The van der Waals surface area contributed by atoms with Crippen LogP contribution in [0.5, 0.6) is 0 Å². The van der Waals surface area contributed by atoms with Gasteiger partial charge in [0.15, 0.2) is 0 Å². The van der Waals surface area contributed by atoms with Crippen molar-refractivity contribution >= 4 is 6.09 Å². The Morgan fingerprint density at radius 3 is 2.39 bits per heavy atom. The van der Waals surface area contributed by atoms with Gasteiger partial charge in [0.25, 0.3) is 0 Å². The van der Waals surface area contributed by atoms with E-state index in [2.05, 4.69) is 19.2 Å². The highest BCUT2D eigenvalue weighted by molar-refractivity contribution is 5.68. The lowest BCUT2D eigenvalue weighted by molar-refractivity contribution is 0.0252. The molecule has 1 amide bonds. The summed E-state index contributed by atoms with van der Waals surface area (Å²) in [5, 5.41) is 3.76. The molecule has 0 aromatic carbocycles. The Hall–Kier alpha value is -0.810. The highest BCUT2D eigenvalue weighted by Crippen LogP contribution is 2.30. The SMILES string of the molecule is CO[C@H]1CN(C(=O)OC(C)(C)C)CC1NC1CCC(C)CC1C. The van der Waals surface area contributed by atoms with Crippen molar-refractivity contribution in [1.29, 1.82) is 0 Å². The van der Waals surface area contributed by atoms with Gasteiger partial charge >= 0.3 is 6.09 Å². The molecule has 134 valence electrons. The van der Waals surface area contributed by atoms with Crippen molar-refractivity contribution in [1.82, 2.24) is 10.2 Å². The van der Waals surface area contributed by atoms with E-state index in [1.54, 1.807) is 12.0 Å². The molecule has 2 rings (SSSR count). The van der Waals surface area contributed by atoms with Gasteiger partial charge in [-0.15, -0.1) is 0 Å². The molecule has 1 aliphatic carbocycles. The van der Waals surface area contributed by atoms with Gasteiger partial charge in [-0.25, -0.2) is 4.79 Å². The number of hydrogen-bond donors (Lipinski definition) is 1. The molecule has 1 heterocycles. The summed E-state index contributed by atoms with van der Waals surface area (Å²) in [5.41, 5.74) is -0.459. The van der Waals surface area contributed by atoms with Gasteiger partial charge in [0.2, 0.25) is 0 Å². The highest BCUT2D eigenvalue weighted by Gasteiger charge is 2.39. The topological polar surface area (TPSA) is 50.8 Å². The predicted molar refractivity (Wildman–Crippen MR) is 91.5 cm³/mol. The van der Waals surface area contributed by atoms with E-state index in [9.17, 15) is 4.79 Å².